The summed E-state index contributed by atoms with van der Waals surface area (Å²) in [6, 6.07) is 7.33. The Hall–Kier alpha value is -2.12. The number of piperazine rings is 1. The minimum atomic E-state index is -0.639. The molecule has 0 aliphatic carbocycles. The van der Waals surface area contributed by atoms with Crippen molar-refractivity contribution in [1.29, 1.82) is 0 Å². The first-order chi connectivity index (χ1) is 14.0. The fourth-order valence-electron chi connectivity index (χ4n) is 4.02. The highest BCUT2D eigenvalue weighted by molar-refractivity contribution is 6.30. The summed E-state index contributed by atoms with van der Waals surface area (Å²) in [7, 11) is 0. The van der Waals surface area contributed by atoms with E-state index >= 15 is 0 Å². The Bertz CT molecular complexity index is 749. The third-order valence-corrected chi connectivity index (χ3v) is 5.83. The van der Waals surface area contributed by atoms with Crippen molar-refractivity contribution in [2.24, 2.45) is 0 Å². The predicted molar refractivity (Wildman–Crippen MR) is 113 cm³/mol. The number of imide groups is 1. The van der Waals surface area contributed by atoms with Crippen LogP contribution < -0.4 is 10.2 Å². The molecule has 2 saturated heterocycles. The lowest BCUT2D eigenvalue weighted by atomic mass is 10.2. The molecule has 1 aromatic rings. The van der Waals surface area contributed by atoms with Gasteiger partial charge in [-0.15, -0.1) is 0 Å². The Morgan fingerprint density at radius 2 is 1.93 bits per heavy atom. The zero-order valence-corrected chi connectivity index (χ0v) is 17.7. The summed E-state index contributed by atoms with van der Waals surface area (Å²) in [5.74, 6) is -0.833. The van der Waals surface area contributed by atoms with Gasteiger partial charge in [-0.25, -0.2) is 0 Å². The van der Waals surface area contributed by atoms with Gasteiger partial charge in [-0.05, 0) is 44.0 Å². The minimum Gasteiger partial charge on any atom is -0.369 e. The Labute approximate surface area is 177 Å². The maximum absolute atomic E-state index is 12.3. The second kappa shape index (κ2) is 10.1. The van der Waals surface area contributed by atoms with Crippen molar-refractivity contribution < 1.29 is 14.4 Å². The van der Waals surface area contributed by atoms with Gasteiger partial charge < -0.3 is 10.2 Å². The van der Waals surface area contributed by atoms with E-state index in [2.05, 4.69) is 21.2 Å². The van der Waals surface area contributed by atoms with Crippen LogP contribution in [-0.2, 0) is 14.4 Å². The number of nitrogens with one attached hydrogen (secondary N) is 1. The highest BCUT2D eigenvalue weighted by Gasteiger charge is 2.38. The lowest BCUT2D eigenvalue weighted by Gasteiger charge is -2.36. The van der Waals surface area contributed by atoms with Crippen LogP contribution in [0.25, 0.3) is 0 Å². The van der Waals surface area contributed by atoms with Crippen molar-refractivity contribution in [2.75, 3.05) is 44.2 Å². The molecule has 2 heterocycles. The van der Waals surface area contributed by atoms with Crippen molar-refractivity contribution in [3.8, 4) is 0 Å². The number of unbranched alkanes of at least 4 members (excludes halogenated alkanes) is 1. The molecule has 29 heavy (non-hydrogen) atoms. The standard InChI is InChI=1S/C21H29ClN4O3/c1-16(27)26-19(7-8-20(26)28)21(29)23-9-2-3-10-24-11-13-25(14-12-24)18-6-4-5-17(22)15-18/h4-6,15,19H,2-3,7-14H2,1H3,(H,23,29)/t19-/m0/s1. The topological polar surface area (TPSA) is 73.0 Å². The number of halogens is 1. The number of anilines is 1. The number of benzene rings is 1. The summed E-state index contributed by atoms with van der Waals surface area (Å²) in [4.78, 5) is 41.5. The highest BCUT2D eigenvalue weighted by Crippen LogP contribution is 2.21. The Balaban J connectivity index is 1.31. The molecule has 2 aliphatic rings. The van der Waals surface area contributed by atoms with Crippen LogP contribution in [0.15, 0.2) is 24.3 Å². The van der Waals surface area contributed by atoms with Crippen LogP contribution in [0.1, 0.15) is 32.6 Å². The molecule has 3 amide bonds. The number of nitrogens with zero attached hydrogens (tertiary/aromatic N) is 3. The molecule has 0 saturated carbocycles. The van der Waals surface area contributed by atoms with Crippen LogP contribution in [-0.4, -0.2) is 72.8 Å². The van der Waals surface area contributed by atoms with E-state index in [1.165, 1.54) is 12.6 Å². The van der Waals surface area contributed by atoms with Crippen molar-refractivity contribution in [2.45, 2.75) is 38.6 Å². The van der Waals surface area contributed by atoms with Gasteiger partial charge in [0.25, 0.3) is 0 Å². The quantitative estimate of drug-likeness (QED) is 0.682. The Morgan fingerprint density at radius 1 is 1.17 bits per heavy atom. The summed E-state index contributed by atoms with van der Waals surface area (Å²) in [5, 5.41) is 3.64. The van der Waals surface area contributed by atoms with Crippen LogP contribution in [0.3, 0.4) is 0 Å². The van der Waals surface area contributed by atoms with E-state index in [0.717, 1.165) is 55.5 Å². The smallest absolute Gasteiger partial charge is 0.243 e. The Morgan fingerprint density at radius 3 is 2.62 bits per heavy atom. The first kappa shape index (κ1) is 21.6. The maximum Gasteiger partial charge on any atom is 0.243 e. The summed E-state index contributed by atoms with van der Waals surface area (Å²) >= 11 is 6.08. The van der Waals surface area contributed by atoms with Crippen LogP contribution in [0.5, 0.6) is 0 Å². The number of carbonyl (C=O) groups excluding carboxylic acids is 3. The monoisotopic (exact) mass is 420 g/mol. The predicted octanol–water partition coefficient (Wildman–Crippen LogP) is 1.90. The average Bonchev–Trinajstić information content (AvgIpc) is 3.10. The number of likely N-dealkylation sites (tertiary alicyclic amines) is 1. The van der Waals surface area contributed by atoms with Gasteiger partial charge in [0.15, 0.2) is 0 Å². The summed E-state index contributed by atoms with van der Waals surface area (Å²) in [6.07, 6.45) is 2.55. The molecule has 0 bridgehead atoms. The van der Waals surface area contributed by atoms with Gasteiger partial charge >= 0.3 is 0 Å². The van der Waals surface area contributed by atoms with Gasteiger partial charge in [0, 0.05) is 56.8 Å². The third kappa shape index (κ3) is 5.70. The second-order valence-corrected chi connectivity index (χ2v) is 8.08. The fourth-order valence-corrected chi connectivity index (χ4v) is 4.20. The molecule has 158 valence electrons. The third-order valence-electron chi connectivity index (χ3n) is 5.60. The summed E-state index contributed by atoms with van der Waals surface area (Å²) in [5.41, 5.74) is 1.17. The molecule has 2 aliphatic heterocycles. The van der Waals surface area contributed by atoms with Crippen LogP contribution in [0, 0.1) is 0 Å². The second-order valence-electron chi connectivity index (χ2n) is 7.64. The molecule has 0 radical (unpaired) electrons. The van der Waals surface area contributed by atoms with E-state index in [-0.39, 0.29) is 24.1 Å². The van der Waals surface area contributed by atoms with E-state index < -0.39 is 6.04 Å². The fraction of sp³-hybridized carbons (Fsp3) is 0.571. The van der Waals surface area contributed by atoms with Gasteiger partial charge in [-0.1, -0.05) is 17.7 Å². The van der Waals surface area contributed by atoms with Crippen molar-refractivity contribution in [3.63, 3.8) is 0 Å². The van der Waals surface area contributed by atoms with Gasteiger partial charge in [0.1, 0.15) is 6.04 Å². The van der Waals surface area contributed by atoms with E-state index in [1.54, 1.807) is 0 Å². The molecule has 0 unspecified atom stereocenters. The summed E-state index contributed by atoms with van der Waals surface area (Å²) < 4.78 is 0. The van der Waals surface area contributed by atoms with E-state index in [9.17, 15) is 14.4 Å². The normalized spacial score (nSPS) is 20.2. The molecule has 2 fully saturated rings. The average molecular weight is 421 g/mol. The van der Waals surface area contributed by atoms with Crippen molar-refractivity contribution in [3.05, 3.63) is 29.3 Å². The van der Waals surface area contributed by atoms with E-state index in [0.29, 0.717) is 13.0 Å². The molecule has 1 N–H and O–H groups in total. The highest BCUT2D eigenvalue weighted by atomic mass is 35.5. The maximum atomic E-state index is 12.3. The molecule has 3 rings (SSSR count). The van der Waals surface area contributed by atoms with Crippen molar-refractivity contribution >= 4 is 35.0 Å². The lowest BCUT2D eigenvalue weighted by molar-refractivity contribution is -0.146. The number of rotatable bonds is 7. The molecular formula is C21H29ClN4O3. The van der Waals surface area contributed by atoms with Crippen molar-refractivity contribution in [1.82, 2.24) is 15.1 Å². The van der Waals surface area contributed by atoms with E-state index in [1.807, 2.05) is 18.2 Å². The van der Waals surface area contributed by atoms with Gasteiger partial charge in [0.2, 0.25) is 17.7 Å². The van der Waals surface area contributed by atoms with Gasteiger partial charge in [-0.2, -0.15) is 0 Å². The van der Waals surface area contributed by atoms with Crippen LogP contribution >= 0.6 is 11.6 Å². The molecular weight excluding hydrogens is 392 g/mol. The number of hydrogen-bond donors (Lipinski definition) is 1. The zero-order valence-electron chi connectivity index (χ0n) is 16.9. The zero-order chi connectivity index (χ0) is 20.8. The van der Waals surface area contributed by atoms with Crippen LogP contribution in [0.4, 0.5) is 5.69 Å². The largest absolute Gasteiger partial charge is 0.369 e. The Kier molecular flexibility index (Phi) is 7.50. The first-order valence-corrected chi connectivity index (χ1v) is 10.7. The minimum absolute atomic E-state index is 0.221. The molecule has 0 spiro atoms. The SMILES string of the molecule is CC(=O)N1C(=O)CC[C@H]1C(=O)NCCCCN1CCN(c2cccc(Cl)c2)CC1. The molecule has 0 aromatic heterocycles. The van der Waals surface area contributed by atoms with Crippen LogP contribution in [0.2, 0.25) is 5.02 Å². The molecule has 7 nitrogen and oxygen atoms in total. The number of amides is 3. The van der Waals surface area contributed by atoms with E-state index in [4.69, 9.17) is 11.6 Å². The first-order valence-electron chi connectivity index (χ1n) is 10.3. The molecule has 1 aromatic carbocycles. The van der Waals surface area contributed by atoms with Gasteiger partial charge in [0.05, 0.1) is 0 Å². The molecule has 8 heteroatoms. The summed E-state index contributed by atoms with van der Waals surface area (Å²) in [6.45, 7) is 6.88. The molecule has 1 atom stereocenters. The number of carbonyl (C=O) groups is 3. The lowest BCUT2D eigenvalue weighted by Crippen LogP contribution is -2.47. The van der Waals surface area contributed by atoms with Gasteiger partial charge in [-0.3, -0.25) is 24.2 Å². The number of hydrogen-bond acceptors (Lipinski definition) is 5.